The molecule has 1 aromatic heterocycles. The molecule has 1 aromatic carbocycles. The molecule has 0 aliphatic heterocycles. The number of anilines is 1. The summed E-state index contributed by atoms with van der Waals surface area (Å²) in [5.41, 5.74) is 3.48. The second-order valence-corrected chi connectivity index (χ2v) is 4.80. The molecule has 2 nitrogen and oxygen atoms in total. The number of fused-ring (bicyclic) bond motifs is 1. The number of pyridine rings is 1. The van der Waals surface area contributed by atoms with E-state index in [4.69, 9.17) is 0 Å². The highest BCUT2D eigenvalue weighted by atomic mass is 79.9. The minimum atomic E-state index is 0.892. The van der Waals surface area contributed by atoms with Gasteiger partial charge in [-0.2, -0.15) is 0 Å². The van der Waals surface area contributed by atoms with Gasteiger partial charge in [0, 0.05) is 16.4 Å². The van der Waals surface area contributed by atoms with Gasteiger partial charge >= 0.3 is 0 Å². The standard InChI is InChI=1S/C13H15BrN2/c1-4-15-13-9(3)7-10-8(2)5-6-11(14)12(10)16-13/h5-7H,4H2,1-3H3,(H,15,16). The van der Waals surface area contributed by atoms with E-state index in [1.165, 1.54) is 16.5 Å². The summed E-state index contributed by atoms with van der Waals surface area (Å²) in [5, 5.41) is 4.50. The van der Waals surface area contributed by atoms with E-state index in [1.54, 1.807) is 0 Å². The monoisotopic (exact) mass is 278 g/mol. The smallest absolute Gasteiger partial charge is 0.129 e. The average Bonchev–Trinajstić information content (AvgIpc) is 2.26. The van der Waals surface area contributed by atoms with Crippen LogP contribution in [-0.4, -0.2) is 11.5 Å². The number of hydrogen-bond acceptors (Lipinski definition) is 2. The molecule has 0 radical (unpaired) electrons. The van der Waals surface area contributed by atoms with E-state index in [1.807, 2.05) is 0 Å². The van der Waals surface area contributed by atoms with Crippen LogP contribution < -0.4 is 5.32 Å². The molecule has 0 atom stereocenters. The van der Waals surface area contributed by atoms with Crippen LogP contribution in [0, 0.1) is 13.8 Å². The molecule has 0 aliphatic rings. The predicted octanol–water partition coefficient (Wildman–Crippen LogP) is 4.05. The largest absolute Gasteiger partial charge is 0.370 e. The first-order valence-corrected chi connectivity index (χ1v) is 6.23. The average molecular weight is 279 g/mol. The van der Waals surface area contributed by atoms with Crippen LogP contribution in [0.5, 0.6) is 0 Å². The van der Waals surface area contributed by atoms with E-state index in [2.05, 4.69) is 65.2 Å². The number of hydrogen-bond donors (Lipinski definition) is 1. The quantitative estimate of drug-likeness (QED) is 0.897. The molecule has 0 amide bonds. The van der Waals surface area contributed by atoms with Crippen molar-refractivity contribution in [3.63, 3.8) is 0 Å². The highest BCUT2D eigenvalue weighted by molar-refractivity contribution is 9.10. The number of rotatable bonds is 2. The molecular weight excluding hydrogens is 264 g/mol. The van der Waals surface area contributed by atoms with Crippen LogP contribution in [0.3, 0.4) is 0 Å². The van der Waals surface area contributed by atoms with Crippen molar-refractivity contribution in [3.05, 3.63) is 33.8 Å². The summed E-state index contributed by atoms with van der Waals surface area (Å²) in [6.45, 7) is 7.17. The highest BCUT2D eigenvalue weighted by Gasteiger charge is 2.07. The molecule has 1 heterocycles. The van der Waals surface area contributed by atoms with Crippen LogP contribution in [0.15, 0.2) is 22.7 Å². The lowest BCUT2D eigenvalue weighted by Gasteiger charge is -2.10. The predicted molar refractivity (Wildman–Crippen MR) is 73.1 cm³/mol. The van der Waals surface area contributed by atoms with E-state index in [9.17, 15) is 0 Å². The lowest BCUT2D eigenvalue weighted by atomic mass is 10.1. The number of aryl methyl sites for hydroxylation is 2. The van der Waals surface area contributed by atoms with Crippen molar-refractivity contribution in [2.75, 3.05) is 11.9 Å². The third kappa shape index (κ3) is 1.92. The van der Waals surface area contributed by atoms with Gasteiger partial charge in [0.05, 0.1) is 5.52 Å². The number of halogens is 1. The zero-order valence-corrected chi connectivity index (χ0v) is 11.4. The minimum absolute atomic E-state index is 0.892. The van der Waals surface area contributed by atoms with E-state index < -0.39 is 0 Å². The maximum absolute atomic E-state index is 4.67. The van der Waals surface area contributed by atoms with Crippen molar-refractivity contribution in [1.82, 2.24) is 4.98 Å². The minimum Gasteiger partial charge on any atom is -0.370 e. The summed E-state index contributed by atoms with van der Waals surface area (Å²) < 4.78 is 1.05. The number of benzene rings is 1. The van der Waals surface area contributed by atoms with Gasteiger partial charge in [0.15, 0.2) is 0 Å². The second-order valence-electron chi connectivity index (χ2n) is 3.94. The number of aromatic nitrogens is 1. The third-order valence-corrected chi connectivity index (χ3v) is 3.33. The molecule has 1 N–H and O–H groups in total. The van der Waals surface area contributed by atoms with Gasteiger partial charge in [0.1, 0.15) is 5.82 Å². The fourth-order valence-corrected chi connectivity index (χ4v) is 2.24. The molecule has 0 saturated heterocycles. The summed E-state index contributed by atoms with van der Waals surface area (Å²) in [7, 11) is 0. The normalized spacial score (nSPS) is 10.8. The fourth-order valence-electron chi connectivity index (χ4n) is 1.81. The van der Waals surface area contributed by atoms with Gasteiger partial charge in [-0.05, 0) is 60.0 Å². The first kappa shape index (κ1) is 11.4. The molecule has 0 saturated carbocycles. The Morgan fingerprint density at radius 2 is 2.00 bits per heavy atom. The molecule has 0 spiro atoms. The lowest BCUT2D eigenvalue weighted by Crippen LogP contribution is -2.02. The zero-order valence-electron chi connectivity index (χ0n) is 9.76. The maximum Gasteiger partial charge on any atom is 0.129 e. The number of nitrogens with zero attached hydrogens (tertiary/aromatic N) is 1. The van der Waals surface area contributed by atoms with Crippen LogP contribution >= 0.6 is 15.9 Å². The first-order valence-electron chi connectivity index (χ1n) is 5.43. The van der Waals surface area contributed by atoms with Crippen molar-refractivity contribution in [1.29, 1.82) is 0 Å². The van der Waals surface area contributed by atoms with Gasteiger partial charge in [0.2, 0.25) is 0 Å². The van der Waals surface area contributed by atoms with Crippen molar-refractivity contribution >= 4 is 32.7 Å². The Morgan fingerprint density at radius 3 is 2.69 bits per heavy atom. The molecular formula is C13H15BrN2. The summed E-state index contributed by atoms with van der Waals surface area (Å²) in [6, 6.07) is 6.36. The summed E-state index contributed by atoms with van der Waals surface area (Å²) in [5.74, 6) is 0.973. The summed E-state index contributed by atoms with van der Waals surface area (Å²) >= 11 is 3.55. The van der Waals surface area contributed by atoms with Crippen molar-refractivity contribution in [2.45, 2.75) is 20.8 Å². The Balaban J connectivity index is 2.73. The molecule has 0 fully saturated rings. The van der Waals surface area contributed by atoms with Crippen LogP contribution in [-0.2, 0) is 0 Å². The van der Waals surface area contributed by atoms with Crippen molar-refractivity contribution < 1.29 is 0 Å². The molecule has 3 heteroatoms. The van der Waals surface area contributed by atoms with Crippen LogP contribution in [0.25, 0.3) is 10.9 Å². The van der Waals surface area contributed by atoms with Crippen LogP contribution in [0.4, 0.5) is 5.82 Å². The van der Waals surface area contributed by atoms with Crippen molar-refractivity contribution in [3.8, 4) is 0 Å². The van der Waals surface area contributed by atoms with Gasteiger partial charge in [-0.3, -0.25) is 0 Å². The Kier molecular flexibility index (Phi) is 3.15. The second kappa shape index (κ2) is 4.42. The van der Waals surface area contributed by atoms with E-state index >= 15 is 0 Å². The van der Waals surface area contributed by atoms with E-state index in [0.717, 1.165) is 22.4 Å². The fraction of sp³-hybridized carbons (Fsp3) is 0.308. The Morgan fingerprint density at radius 1 is 1.25 bits per heavy atom. The SMILES string of the molecule is CCNc1nc2c(Br)ccc(C)c2cc1C. The topological polar surface area (TPSA) is 24.9 Å². The van der Waals surface area contributed by atoms with Crippen molar-refractivity contribution in [2.24, 2.45) is 0 Å². The molecule has 2 aromatic rings. The van der Waals surface area contributed by atoms with Gasteiger partial charge < -0.3 is 5.32 Å². The zero-order chi connectivity index (χ0) is 11.7. The van der Waals surface area contributed by atoms with Crippen LogP contribution in [0.2, 0.25) is 0 Å². The first-order chi connectivity index (χ1) is 7.63. The molecule has 0 bridgehead atoms. The van der Waals surface area contributed by atoms with Gasteiger partial charge in [-0.1, -0.05) is 6.07 Å². The highest BCUT2D eigenvalue weighted by Crippen LogP contribution is 2.28. The van der Waals surface area contributed by atoms with Crippen LogP contribution in [0.1, 0.15) is 18.1 Å². The summed E-state index contributed by atoms with van der Waals surface area (Å²) in [4.78, 5) is 4.67. The third-order valence-electron chi connectivity index (χ3n) is 2.69. The van der Waals surface area contributed by atoms with E-state index in [0.29, 0.717) is 0 Å². The number of nitrogens with one attached hydrogen (secondary N) is 1. The van der Waals surface area contributed by atoms with Gasteiger partial charge in [-0.15, -0.1) is 0 Å². The Bertz CT molecular complexity index is 535. The van der Waals surface area contributed by atoms with Gasteiger partial charge in [0.25, 0.3) is 0 Å². The molecule has 16 heavy (non-hydrogen) atoms. The summed E-state index contributed by atoms with van der Waals surface area (Å²) in [6.07, 6.45) is 0. The molecule has 84 valence electrons. The molecule has 0 unspecified atom stereocenters. The Hall–Kier alpha value is -1.09. The van der Waals surface area contributed by atoms with Gasteiger partial charge in [-0.25, -0.2) is 4.98 Å². The maximum atomic E-state index is 4.67. The molecule has 0 aliphatic carbocycles. The van der Waals surface area contributed by atoms with E-state index in [-0.39, 0.29) is 0 Å². The molecule has 2 rings (SSSR count). The lowest BCUT2D eigenvalue weighted by molar-refractivity contribution is 1.15. The Labute approximate surface area is 104 Å².